The molecule has 1 aromatic carbocycles. The van der Waals surface area contributed by atoms with Crippen LogP contribution >= 0.6 is 11.8 Å². The number of nitrogens with zero attached hydrogens (tertiary/aromatic N) is 3. The Bertz CT molecular complexity index is 1190. The summed E-state index contributed by atoms with van der Waals surface area (Å²) in [6, 6.07) is 4.95. The van der Waals surface area contributed by atoms with E-state index < -0.39 is 33.7 Å². The fraction of sp³-hybridized carbons (Fsp3) is 0.400. The Kier molecular flexibility index (Phi) is 10.7. The highest BCUT2D eigenvalue weighted by Gasteiger charge is 2.31. The summed E-state index contributed by atoms with van der Waals surface area (Å²) in [4.78, 5) is 20.9. The Hall–Kier alpha value is -3.09. The van der Waals surface area contributed by atoms with Crippen LogP contribution in [0, 0.1) is 11.3 Å². The summed E-state index contributed by atoms with van der Waals surface area (Å²) in [5, 5.41) is 15.0. The van der Waals surface area contributed by atoms with Crippen molar-refractivity contribution in [3.8, 4) is 6.07 Å². The third-order valence-corrected chi connectivity index (χ3v) is 5.73. The number of aromatic nitrogens is 2. The van der Waals surface area contributed by atoms with Gasteiger partial charge in [-0.05, 0) is 37.3 Å². The number of amides is 1. The van der Waals surface area contributed by atoms with Gasteiger partial charge in [-0.15, -0.1) is 11.8 Å². The maximum atomic E-state index is 13.0. The summed E-state index contributed by atoms with van der Waals surface area (Å²) in [6.07, 6.45) is -1.70. The van der Waals surface area contributed by atoms with Crippen LogP contribution in [-0.2, 0) is 21.0 Å². The molecule has 1 atom stereocenters. The Morgan fingerprint density at radius 3 is 2.57 bits per heavy atom. The number of carbonyl (C=O) groups excluding carboxylic acids is 1. The zero-order chi connectivity index (χ0) is 25.5. The monoisotopic (exact) mass is 533 g/mol. The molecule has 1 aromatic heterocycles. The molecule has 192 valence electrons. The highest BCUT2D eigenvalue weighted by molar-refractivity contribution is 7.98. The molecule has 15 heteroatoms. The number of nitrogen functional groups attached to an aromatic ring is 1. The van der Waals surface area contributed by atoms with Gasteiger partial charge in [0.1, 0.15) is 22.7 Å². The normalized spacial score (nSPS) is 12.2. The molecule has 1 amide bonds. The van der Waals surface area contributed by atoms with Crippen molar-refractivity contribution in [3.63, 3.8) is 0 Å². The Morgan fingerprint density at radius 1 is 1.31 bits per heavy atom. The summed E-state index contributed by atoms with van der Waals surface area (Å²) < 4.78 is 63.9. The lowest BCUT2D eigenvalue weighted by molar-refractivity contribution is -0.137. The summed E-state index contributed by atoms with van der Waals surface area (Å²) in [7, 11) is -3.45. The fourth-order valence-electron chi connectivity index (χ4n) is 2.81. The first-order chi connectivity index (χ1) is 15.8. The molecule has 5 N–H and O–H groups in total. The molecule has 10 nitrogen and oxygen atoms in total. The first-order valence-electron chi connectivity index (χ1n) is 9.65. The average molecular weight is 534 g/mol. The fourth-order valence-corrected chi connectivity index (χ4v) is 3.86. The minimum absolute atomic E-state index is 0. The molecule has 35 heavy (non-hydrogen) atoms. The van der Waals surface area contributed by atoms with Gasteiger partial charge in [0.25, 0.3) is 0 Å². The van der Waals surface area contributed by atoms with E-state index in [-0.39, 0.29) is 54.9 Å². The topological polar surface area (TPSA) is 163 Å². The van der Waals surface area contributed by atoms with Gasteiger partial charge in [-0.3, -0.25) is 4.79 Å². The number of sulfonamides is 1. The second-order valence-corrected chi connectivity index (χ2v) is 9.63. The van der Waals surface area contributed by atoms with Gasteiger partial charge in [0.2, 0.25) is 21.9 Å². The maximum Gasteiger partial charge on any atom is 0.416 e. The van der Waals surface area contributed by atoms with Crippen molar-refractivity contribution in [2.45, 2.75) is 37.5 Å². The third-order valence-electron chi connectivity index (χ3n) is 4.32. The minimum Gasteiger partial charge on any atom is -0.368 e. The molecule has 0 saturated heterocycles. The molecule has 0 fully saturated rings. The smallest absolute Gasteiger partial charge is 0.368 e. The number of anilines is 3. The van der Waals surface area contributed by atoms with Gasteiger partial charge in [0.05, 0.1) is 11.8 Å². The Morgan fingerprint density at radius 2 is 2.00 bits per heavy atom. The number of nitriles is 1. The molecule has 2 aromatic rings. The number of hydrogen-bond acceptors (Lipinski definition) is 9. The van der Waals surface area contributed by atoms with E-state index >= 15 is 0 Å². The Balaban J connectivity index is 0.00000612. The number of benzene rings is 1. The Labute approximate surface area is 206 Å². The predicted octanol–water partition coefficient (Wildman–Crippen LogP) is 3.06. The van der Waals surface area contributed by atoms with E-state index in [4.69, 9.17) is 5.73 Å². The van der Waals surface area contributed by atoms with Gasteiger partial charge in [-0.2, -0.15) is 23.4 Å². The van der Waals surface area contributed by atoms with Crippen LogP contribution in [0.15, 0.2) is 29.3 Å². The lowest BCUT2D eigenvalue weighted by Crippen LogP contribution is -2.36. The van der Waals surface area contributed by atoms with E-state index in [1.54, 1.807) is 6.26 Å². The second kappa shape index (κ2) is 12.6. The molecule has 0 radical (unpaired) electrons. The highest BCUT2D eigenvalue weighted by Crippen LogP contribution is 2.31. The van der Waals surface area contributed by atoms with Crippen molar-refractivity contribution in [1.29, 1.82) is 5.26 Å². The number of carbonyl (C=O) groups is 1. The van der Waals surface area contributed by atoms with Crippen molar-refractivity contribution in [2.24, 2.45) is 0 Å². The summed E-state index contributed by atoms with van der Waals surface area (Å²) >= 11 is 1.14. The van der Waals surface area contributed by atoms with Crippen LogP contribution in [0.4, 0.5) is 30.6 Å². The van der Waals surface area contributed by atoms with E-state index in [0.29, 0.717) is 0 Å². The van der Waals surface area contributed by atoms with Crippen LogP contribution in [0.5, 0.6) is 0 Å². The van der Waals surface area contributed by atoms with E-state index in [1.807, 2.05) is 6.07 Å². The highest BCUT2D eigenvalue weighted by atomic mass is 32.2. The zero-order valence-electron chi connectivity index (χ0n) is 18.1. The lowest BCUT2D eigenvalue weighted by Gasteiger charge is -2.20. The van der Waals surface area contributed by atoms with Crippen molar-refractivity contribution < 1.29 is 26.4 Å². The molecule has 1 heterocycles. The molecule has 2 rings (SSSR count). The number of nitrogens with two attached hydrogens (primary N) is 1. The number of nitrogens with one attached hydrogen (secondary N) is 3. The predicted molar refractivity (Wildman–Crippen MR) is 129 cm³/mol. The van der Waals surface area contributed by atoms with Gasteiger partial charge in [-0.25, -0.2) is 18.1 Å². The largest absolute Gasteiger partial charge is 0.416 e. The lowest BCUT2D eigenvalue weighted by atomic mass is 10.1. The van der Waals surface area contributed by atoms with Crippen molar-refractivity contribution in [1.82, 2.24) is 14.7 Å². The van der Waals surface area contributed by atoms with Crippen LogP contribution in [0.3, 0.4) is 0 Å². The quantitative estimate of drug-likeness (QED) is 0.204. The van der Waals surface area contributed by atoms with E-state index in [1.165, 1.54) is 6.07 Å². The van der Waals surface area contributed by atoms with E-state index in [2.05, 4.69) is 25.3 Å². The van der Waals surface area contributed by atoms with Crippen LogP contribution in [0.25, 0.3) is 0 Å². The SMILES string of the molecule is C.CSc1nc(N)nc(N[C@@H](CCCNS(C)(=O)=O)C(=O)Nc2cccc(C(F)(F)F)c2)c1C#N. The molecule has 0 spiro atoms. The second-order valence-electron chi connectivity index (χ2n) is 7.00. The molecule has 0 unspecified atom stereocenters. The van der Waals surface area contributed by atoms with Crippen LogP contribution in [-0.4, -0.2) is 49.4 Å². The van der Waals surface area contributed by atoms with Gasteiger partial charge >= 0.3 is 6.18 Å². The van der Waals surface area contributed by atoms with E-state index in [9.17, 15) is 31.6 Å². The number of hydrogen-bond donors (Lipinski definition) is 4. The molecule has 0 aliphatic carbocycles. The van der Waals surface area contributed by atoms with Gasteiger partial charge in [0, 0.05) is 12.2 Å². The molecule has 0 aliphatic rings. The van der Waals surface area contributed by atoms with Crippen LogP contribution in [0.1, 0.15) is 31.4 Å². The van der Waals surface area contributed by atoms with Crippen molar-refractivity contribution in [2.75, 3.05) is 35.4 Å². The molecular formula is C20H26F3N7O3S2. The van der Waals surface area contributed by atoms with Gasteiger partial charge < -0.3 is 16.4 Å². The van der Waals surface area contributed by atoms with Crippen molar-refractivity contribution in [3.05, 3.63) is 35.4 Å². The van der Waals surface area contributed by atoms with Crippen molar-refractivity contribution >= 4 is 45.1 Å². The molecule has 0 saturated carbocycles. The molecule has 0 bridgehead atoms. The van der Waals surface area contributed by atoms with Gasteiger partial charge in [-0.1, -0.05) is 13.5 Å². The third kappa shape index (κ3) is 9.23. The standard InChI is InChI=1S/C19H22F3N7O3S2.CH4/c1-33-17-13(10-23)15(28-18(24)29-17)27-14(7-4-8-25-34(2,31)32)16(30)26-12-6-3-5-11(9-12)19(20,21)22;/h3,5-6,9,14,25H,4,7-8H2,1-2H3,(H,26,30)(H3,24,27,28,29);1H4/t14-;/m0./s1. The minimum atomic E-state index is -4.59. The van der Waals surface area contributed by atoms with E-state index in [0.717, 1.165) is 36.2 Å². The first-order valence-corrected chi connectivity index (χ1v) is 12.8. The summed E-state index contributed by atoms with van der Waals surface area (Å²) in [6.45, 7) is 0.0148. The number of rotatable bonds is 10. The number of alkyl halides is 3. The van der Waals surface area contributed by atoms with Gasteiger partial charge in [0.15, 0.2) is 5.82 Å². The summed E-state index contributed by atoms with van der Waals surface area (Å²) in [5.41, 5.74) is 4.70. The number of thioether (sulfide) groups is 1. The first kappa shape index (κ1) is 29.9. The van der Waals surface area contributed by atoms with Crippen LogP contribution in [0.2, 0.25) is 0 Å². The molecule has 0 aliphatic heterocycles. The average Bonchev–Trinajstić information content (AvgIpc) is 2.74. The number of halogens is 3. The maximum absolute atomic E-state index is 13.0. The molecular weight excluding hydrogens is 507 g/mol. The summed E-state index contributed by atoms with van der Waals surface area (Å²) in [5.74, 6) is -0.897. The van der Waals surface area contributed by atoms with Crippen LogP contribution < -0.4 is 21.1 Å². The zero-order valence-corrected chi connectivity index (χ0v) is 19.7.